The molecular formula is C23H19NO4S. The molecule has 0 saturated carbocycles. The Morgan fingerprint density at radius 2 is 1.69 bits per heavy atom. The van der Waals surface area contributed by atoms with Crippen LogP contribution in [0.25, 0.3) is 20.9 Å². The second-order valence-electron chi connectivity index (χ2n) is 6.38. The second-order valence-corrected chi connectivity index (χ2v) is 7.43. The first-order chi connectivity index (χ1) is 14.1. The average molecular weight is 405 g/mol. The van der Waals surface area contributed by atoms with Crippen molar-refractivity contribution in [2.24, 2.45) is 0 Å². The molecule has 0 spiro atoms. The van der Waals surface area contributed by atoms with Crippen LogP contribution in [-0.2, 0) is 4.74 Å². The molecule has 0 fully saturated rings. The second kappa shape index (κ2) is 7.93. The van der Waals surface area contributed by atoms with Crippen LogP contribution >= 0.6 is 11.3 Å². The van der Waals surface area contributed by atoms with E-state index in [4.69, 9.17) is 9.47 Å². The molecule has 146 valence electrons. The van der Waals surface area contributed by atoms with E-state index in [1.54, 1.807) is 13.0 Å². The summed E-state index contributed by atoms with van der Waals surface area (Å²) in [6.07, 6.45) is 0. The molecule has 0 bridgehead atoms. The van der Waals surface area contributed by atoms with Crippen LogP contribution in [0, 0.1) is 0 Å². The monoisotopic (exact) mass is 405 g/mol. The third-order valence-electron chi connectivity index (χ3n) is 4.61. The van der Waals surface area contributed by atoms with Crippen LogP contribution in [0.5, 0.6) is 5.75 Å². The molecule has 1 N–H and O–H groups in total. The molecule has 0 saturated heterocycles. The number of benzene rings is 3. The first kappa shape index (κ1) is 19.0. The third kappa shape index (κ3) is 3.54. The number of ether oxygens (including phenoxy) is 2. The van der Waals surface area contributed by atoms with E-state index in [2.05, 4.69) is 5.32 Å². The van der Waals surface area contributed by atoms with Gasteiger partial charge >= 0.3 is 5.97 Å². The number of nitrogens with one attached hydrogen (secondary N) is 1. The van der Waals surface area contributed by atoms with Crippen LogP contribution < -0.4 is 10.1 Å². The summed E-state index contributed by atoms with van der Waals surface area (Å²) in [7, 11) is 1.53. The van der Waals surface area contributed by atoms with Crippen molar-refractivity contribution in [3.05, 3.63) is 71.8 Å². The fraction of sp³-hybridized carbons (Fsp3) is 0.130. The maximum atomic E-state index is 13.1. The van der Waals surface area contributed by atoms with E-state index in [-0.39, 0.29) is 12.5 Å². The van der Waals surface area contributed by atoms with Crippen LogP contribution in [0.3, 0.4) is 0 Å². The normalized spacial score (nSPS) is 10.8. The molecular weight excluding hydrogens is 386 g/mol. The molecule has 29 heavy (non-hydrogen) atoms. The highest BCUT2D eigenvalue weighted by Crippen LogP contribution is 2.37. The van der Waals surface area contributed by atoms with Gasteiger partial charge in [0.2, 0.25) is 0 Å². The maximum absolute atomic E-state index is 13.1. The number of carbonyl (C=O) groups is 2. The van der Waals surface area contributed by atoms with Crippen molar-refractivity contribution in [3.63, 3.8) is 0 Å². The number of esters is 1. The lowest BCUT2D eigenvalue weighted by Gasteiger charge is -2.11. The molecule has 1 amide bonds. The van der Waals surface area contributed by atoms with Crippen molar-refractivity contribution in [2.75, 3.05) is 19.0 Å². The standard InChI is InChI=1S/C23H19NO4S/c1-3-28-23(26)20-16-10-6-7-11-19(16)29-22(20)24-21(25)17-12-14-8-4-5-9-15(14)13-18(17)27-2/h4-13H,3H2,1-2H3,(H,24,25). The van der Waals surface area contributed by atoms with E-state index in [0.29, 0.717) is 21.9 Å². The smallest absolute Gasteiger partial charge is 0.341 e. The molecule has 0 radical (unpaired) electrons. The highest BCUT2D eigenvalue weighted by Gasteiger charge is 2.23. The quantitative estimate of drug-likeness (QED) is 0.446. The summed E-state index contributed by atoms with van der Waals surface area (Å²) < 4.78 is 11.6. The summed E-state index contributed by atoms with van der Waals surface area (Å²) in [5.41, 5.74) is 0.777. The van der Waals surface area contributed by atoms with Gasteiger partial charge in [-0.2, -0.15) is 0 Å². The first-order valence-electron chi connectivity index (χ1n) is 9.19. The molecule has 1 aromatic heterocycles. The Kier molecular flexibility index (Phi) is 5.18. The number of hydrogen-bond donors (Lipinski definition) is 1. The van der Waals surface area contributed by atoms with Crippen LogP contribution in [0.1, 0.15) is 27.6 Å². The molecule has 0 aliphatic rings. The Balaban J connectivity index is 1.77. The Bertz CT molecular complexity index is 1230. The molecule has 3 aromatic carbocycles. The van der Waals surface area contributed by atoms with Gasteiger partial charge in [0.1, 0.15) is 16.3 Å². The van der Waals surface area contributed by atoms with Crippen molar-refractivity contribution in [2.45, 2.75) is 6.92 Å². The minimum atomic E-state index is -0.453. The van der Waals surface area contributed by atoms with E-state index in [0.717, 1.165) is 20.9 Å². The molecule has 4 rings (SSSR count). The molecule has 0 atom stereocenters. The van der Waals surface area contributed by atoms with Gasteiger partial charge in [0, 0.05) is 10.1 Å². The van der Waals surface area contributed by atoms with Crippen molar-refractivity contribution >= 4 is 49.1 Å². The Labute approximate surface area is 171 Å². The van der Waals surface area contributed by atoms with Crippen LogP contribution in [-0.4, -0.2) is 25.6 Å². The summed E-state index contributed by atoms with van der Waals surface area (Å²) in [4.78, 5) is 25.7. The zero-order chi connectivity index (χ0) is 20.4. The van der Waals surface area contributed by atoms with Crippen molar-refractivity contribution in [3.8, 4) is 5.75 Å². The van der Waals surface area contributed by atoms with Gasteiger partial charge in [0.05, 0.1) is 19.3 Å². The predicted octanol–water partition coefficient (Wildman–Crippen LogP) is 5.49. The summed E-state index contributed by atoms with van der Waals surface area (Å²) in [5, 5.41) is 6.03. The molecule has 0 aliphatic carbocycles. The van der Waals surface area contributed by atoms with Crippen molar-refractivity contribution in [1.82, 2.24) is 0 Å². The number of anilines is 1. The van der Waals surface area contributed by atoms with Gasteiger partial charge in [-0.15, -0.1) is 11.3 Å². The van der Waals surface area contributed by atoms with Crippen LogP contribution in [0.15, 0.2) is 60.7 Å². The minimum Gasteiger partial charge on any atom is -0.496 e. The van der Waals surface area contributed by atoms with Gasteiger partial charge in [-0.1, -0.05) is 42.5 Å². The van der Waals surface area contributed by atoms with Crippen molar-refractivity contribution < 1.29 is 19.1 Å². The molecule has 0 aliphatic heterocycles. The predicted molar refractivity (Wildman–Crippen MR) is 116 cm³/mol. The summed E-state index contributed by atoms with van der Waals surface area (Å²) in [6.45, 7) is 2.01. The van der Waals surface area contributed by atoms with Gasteiger partial charge in [0.15, 0.2) is 0 Å². The lowest BCUT2D eigenvalue weighted by atomic mass is 10.1. The Morgan fingerprint density at radius 1 is 1.00 bits per heavy atom. The topological polar surface area (TPSA) is 64.6 Å². The fourth-order valence-corrected chi connectivity index (χ4v) is 4.36. The highest BCUT2D eigenvalue weighted by atomic mass is 32.1. The van der Waals surface area contributed by atoms with Gasteiger partial charge in [-0.3, -0.25) is 4.79 Å². The molecule has 6 heteroatoms. The van der Waals surface area contributed by atoms with E-state index < -0.39 is 5.97 Å². The Hall–Kier alpha value is -3.38. The highest BCUT2D eigenvalue weighted by molar-refractivity contribution is 7.23. The number of rotatable bonds is 5. The maximum Gasteiger partial charge on any atom is 0.341 e. The van der Waals surface area contributed by atoms with Gasteiger partial charge < -0.3 is 14.8 Å². The van der Waals surface area contributed by atoms with Gasteiger partial charge in [-0.05, 0) is 35.9 Å². The molecule has 5 nitrogen and oxygen atoms in total. The zero-order valence-corrected chi connectivity index (χ0v) is 16.8. The van der Waals surface area contributed by atoms with E-state index in [1.807, 2.05) is 54.6 Å². The zero-order valence-electron chi connectivity index (χ0n) is 16.0. The van der Waals surface area contributed by atoms with E-state index >= 15 is 0 Å². The van der Waals surface area contributed by atoms with Gasteiger partial charge in [0.25, 0.3) is 5.91 Å². The Morgan fingerprint density at radius 3 is 2.41 bits per heavy atom. The number of thiophene rings is 1. The van der Waals surface area contributed by atoms with Gasteiger partial charge in [-0.25, -0.2) is 4.79 Å². The van der Waals surface area contributed by atoms with E-state index in [1.165, 1.54) is 18.4 Å². The lowest BCUT2D eigenvalue weighted by Crippen LogP contribution is -2.15. The molecule has 1 heterocycles. The number of fused-ring (bicyclic) bond motifs is 2. The molecule has 0 unspecified atom stereocenters. The summed E-state index contributed by atoms with van der Waals surface area (Å²) in [5.74, 6) is -0.324. The first-order valence-corrected chi connectivity index (χ1v) is 10.0. The summed E-state index contributed by atoms with van der Waals surface area (Å²) in [6, 6.07) is 18.9. The SMILES string of the molecule is CCOC(=O)c1c(NC(=O)c2cc3ccccc3cc2OC)sc2ccccc12. The number of hydrogen-bond acceptors (Lipinski definition) is 5. The minimum absolute atomic E-state index is 0.259. The number of carbonyl (C=O) groups excluding carboxylic acids is 2. The number of amides is 1. The average Bonchev–Trinajstić information content (AvgIpc) is 3.10. The van der Waals surface area contributed by atoms with E-state index in [9.17, 15) is 9.59 Å². The molecule has 4 aromatic rings. The third-order valence-corrected chi connectivity index (χ3v) is 5.70. The van der Waals surface area contributed by atoms with Crippen LogP contribution in [0.4, 0.5) is 5.00 Å². The summed E-state index contributed by atoms with van der Waals surface area (Å²) >= 11 is 1.34. The van der Waals surface area contributed by atoms with Crippen LogP contribution in [0.2, 0.25) is 0 Å². The fourth-order valence-electron chi connectivity index (χ4n) is 3.28. The number of methoxy groups -OCH3 is 1. The largest absolute Gasteiger partial charge is 0.496 e. The lowest BCUT2D eigenvalue weighted by molar-refractivity contribution is 0.0530. The van der Waals surface area contributed by atoms with Crippen molar-refractivity contribution in [1.29, 1.82) is 0 Å².